The lowest BCUT2D eigenvalue weighted by Gasteiger charge is -2.69. The Morgan fingerprint density at radius 2 is 1.40 bits per heavy atom. The van der Waals surface area contributed by atoms with Crippen LogP contribution in [0.4, 0.5) is 0 Å². The van der Waals surface area contributed by atoms with Crippen molar-refractivity contribution >= 4 is 0 Å². The van der Waals surface area contributed by atoms with E-state index in [1.54, 1.807) is 6.42 Å². The summed E-state index contributed by atoms with van der Waals surface area (Å²) in [6.07, 6.45) is 18.0. The van der Waals surface area contributed by atoms with E-state index < -0.39 is 0 Å². The Balaban J connectivity index is 1.55. The van der Waals surface area contributed by atoms with E-state index in [1.165, 1.54) is 70.6 Å². The summed E-state index contributed by atoms with van der Waals surface area (Å²) in [5.41, 5.74) is 2.35. The third kappa shape index (κ3) is 3.36. The van der Waals surface area contributed by atoms with Gasteiger partial charge in [0, 0.05) is 0 Å². The van der Waals surface area contributed by atoms with Crippen LogP contribution in [0.3, 0.4) is 0 Å². The third-order valence-electron chi connectivity index (χ3n) is 12.4. The normalized spacial score (nSPS) is 48.7. The van der Waals surface area contributed by atoms with Gasteiger partial charge in [-0.05, 0) is 109 Å². The average Bonchev–Trinajstić information content (AvgIpc) is 2.99. The first kappa shape index (κ1) is 23.2. The molecule has 0 saturated heterocycles. The fourth-order valence-corrected chi connectivity index (χ4v) is 10.6. The van der Waals surface area contributed by atoms with Crippen molar-refractivity contribution in [2.24, 2.45) is 57.2 Å². The van der Waals surface area contributed by atoms with Crippen LogP contribution in [0.15, 0.2) is 0 Å². The van der Waals surface area contributed by atoms with Crippen molar-refractivity contribution in [2.45, 2.75) is 132 Å². The highest BCUT2D eigenvalue weighted by Crippen LogP contribution is 2.75. The van der Waals surface area contributed by atoms with Crippen molar-refractivity contribution in [2.75, 3.05) is 0 Å². The SMILES string of the molecule is CC(C)CCCC(C)C1CCC2(C)C1CCC1C3(C)CCCC(C)(C)C3CCC12C. The Kier molecular flexibility index (Phi) is 6.02. The molecule has 0 spiro atoms. The van der Waals surface area contributed by atoms with E-state index >= 15 is 0 Å². The van der Waals surface area contributed by atoms with E-state index in [-0.39, 0.29) is 0 Å². The Labute approximate surface area is 189 Å². The summed E-state index contributed by atoms with van der Waals surface area (Å²) in [5, 5.41) is 0. The van der Waals surface area contributed by atoms with Crippen molar-refractivity contribution < 1.29 is 0 Å². The number of fused-ring (bicyclic) bond motifs is 5. The first-order valence-electron chi connectivity index (χ1n) is 14.0. The lowest BCUT2D eigenvalue weighted by molar-refractivity contribution is -0.203. The summed E-state index contributed by atoms with van der Waals surface area (Å²) in [5.74, 6) is 5.76. The Hall–Kier alpha value is 0. The summed E-state index contributed by atoms with van der Waals surface area (Å²) in [4.78, 5) is 0. The maximum atomic E-state index is 2.79. The monoisotopic (exact) mass is 414 g/mol. The molecule has 0 heteroatoms. The fourth-order valence-electron chi connectivity index (χ4n) is 10.6. The van der Waals surface area contributed by atoms with Gasteiger partial charge in [0.15, 0.2) is 0 Å². The Bertz CT molecular complexity index is 616. The van der Waals surface area contributed by atoms with Crippen LogP contribution in [0.25, 0.3) is 0 Å². The molecule has 0 aromatic carbocycles. The Morgan fingerprint density at radius 3 is 2.10 bits per heavy atom. The summed E-state index contributed by atoms with van der Waals surface area (Å²) in [6, 6.07) is 0. The second kappa shape index (κ2) is 7.80. The van der Waals surface area contributed by atoms with Gasteiger partial charge in [-0.15, -0.1) is 0 Å². The minimum absolute atomic E-state index is 0.565. The van der Waals surface area contributed by atoms with E-state index in [0.717, 1.165) is 35.5 Å². The molecular weight excluding hydrogens is 360 g/mol. The predicted molar refractivity (Wildman–Crippen MR) is 131 cm³/mol. The molecule has 0 aliphatic heterocycles. The first-order chi connectivity index (χ1) is 14.0. The zero-order chi connectivity index (χ0) is 21.9. The number of rotatable bonds is 5. The van der Waals surface area contributed by atoms with Crippen LogP contribution in [0, 0.1) is 57.2 Å². The van der Waals surface area contributed by atoms with E-state index in [0.29, 0.717) is 21.7 Å². The molecule has 0 heterocycles. The van der Waals surface area contributed by atoms with Gasteiger partial charge in [0.1, 0.15) is 0 Å². The smallest absolute Gasteiger partial charge is 0.0235 e. The van der Waals surface area contributed by atoms with Gasteiger partial charge >= 0.3 is 0 Å². The van der Waals surface area contributed by atoms with Gasteiger partial charge in [0.05, 0.1) is 0 Å². The second-order valence-corrected chi connectivity index (χ2v) is 14.5. The van der Waals surface area contributed by atoms with Crippen molar-refractivity contribution in [1.29, 1.82) is 0 Å². The molecule has 0 aromatic heterocycles. The third-order valence-corrected chi connectivity index (χ3v) is 12.4. The standard InChI is InChI=1S/C30H54/c1-21(2)11-9-12-22(3)23-15-19-29(7)24(23)13-14-26-28(6)18-10-17-27(4,5)25(28)16-20-30(26,29)8/h21-26H,9-20H2,1-8H3. The molecule has 4 aliphatic carbocycles. The van der Waals surface area contributed by atoms with Crippen molar-refractivity contribution in [3.05, 3.63) is 0 Å². The van der Waals surface area contributed by atoms with Crippen molar-refractivity contribution in [1.82, 2.24) is 0 Å². The van der Waals surface area contributed by atoms with E-state index in [2.05, 4.69) is 55.4 Å². The van der Waals surface area contributed by atoms with Crippen LogP contribution < -0.4 is 0 Å². The molecule has 0 radical (unpaired) electrons. The van der Waals surface area contributed by atoms with Crippen LogP contribution in [-0.2, 0) is 0 Å². The molecule has 0 N–H and O–H groups in total. The van der Waals surface area contributed by atoms with E-state index in [4.69, 9.17) is 0 Å². The highest BCUT2D eigenvalue weighted by Gasteiger charge is 2.67. The number of hydrogen-bond acceptors (Lipinski definition) is 0. The molecule has 8 atom stereocenters. The van der Waals surface area contributed by atoms with Crippen LogP contribution in [-0.4, -0.2) is 0 Å². The first-order valence-corrected chi connectivity index (χ1v) is 14.0. The molecule has 0 bridgehead atoms. The van der Waals surface area contributed by atoms with E-state index in [1.807, 2.05) is 0 Å². The lowest BCUT2D eigenvalue weighted by Crippen LogP contribution is -2.62. The average molecular weight is 415 g/mol. The minimum atomic E-state index is 0.565. The van der Waals surface area contributed by atoms with Gasteiger partial charge in [-0.25, -0.2) is 0 Å². The summed E-state index contributed by atoms with van der Waals surface area (Å²) < 4.78 is 0. The summed E-state index contributed by atoms with van der Waals surface area (Å²) >= 11 is 0. The van der Waals surface area contributed by atoms with Gasteiger partial charge in [-0.3, -0.25) is 0 Å². The second-order valence-electron chi connectivity index (χ2n) is 14.5. The van der Waals surface area contributed by atoms with Crippen LogP contribution in [0.2, 0.25) is 0 Å². The molecule has 0 amide bonds. The molecule has 8 unspecified atom stereocenters. The summed E-state index contributed by atoms with van der Waals surface area (Å²) in [7, 11) is 0. The van der Waals surface area contributed by atoms with Gasteiger partial charge in [-0.1, -0.05) is 81.1 Å². The molecule has 0 nitrogen and oxygen atoms in total. The minimum Gasteiger partial charge on any atom is -0.0628 e. The van der Waals surface area contributed by atoms with Gasteiger partial charge in [0.25, 0.3) is 0 Å². The fraction of sp³-hybridized carbons (Fsp3) is 1.00. The molecule has 0 aromatic rings. The zero-order valence-electron chi connectivity index (χ0n) is 21.9. The lowest BCUT2D eigenvalue weighted by atomic mass is 9.35. The zero-order valence-corrected chi connectivity index (χ0v) is 21.9. The number of hydrogen-bond donors (Lipinski definition) is 0. The molecule has 174 valence electrons. The molecule has 4 aliphatic rings. The largest absolute Gasteiger partial charge is 0.0628 e. The van der Waals surface area contributed by atoms with Gasteiger partial charge in [0.2, 0.25) is 0 Å². The molecular formula is C30H54. The van der Waals surface area contributed by atoms with Crippen molar-refractivity contribution in [3.8, 4) is 0 Å². The van der Waals surface area contributed by atoms with Gasteiger partial charge in [-0.2, -0.15) is 0 Å². The van der Waals surface area contributed by atoms with Crippen LogP contribution in [0.1, 0.15) is 132 Å². The highest BCUT2D eigenvalue weighted by molar-refractivity contribution is 5.16. The quantitative estimate of drug-likeness (QED) is 0.420. The maximum absolute atomic E-state index is 2.79. The van der Waals surface area contributed by atoms with Gasteiger partial charge < -0.3 is 0 Å². The molecule has 4 saturated carbocycles. The van der Waals surface area contributed by atoms with Crippen molar-refractivity contribution in [3.63, 3.8) is 0 Å². The highest BCUT2D eigenvalue weighted by atomic mass is 14.7. The van der Waals surface area contributed by atoms with Crippen LogP contribution in [0.5, 0.6) is 0 Å². The maximum Gasteiger partial charge on any atom is -0.0235 e. The Morgan fingerprint density at radius 1 is 0.700 bits per heavy atom. The summed E-state index contributed by atoms with van der Waals surface area (Å²) in [6.45, 7) is 20.9. The molecule has 4 fully saturated rings. The topological polar surface area (TPSA) is 0 Å². The van der Waals surface area contributed by atoms with Crippen LogP contribution >= 0.6 is 0 Å². The molecule has 30 heavy (non-hydrogen) atoms. The molecule has 4 rings (SSSR count). The predicted octanol–water partition coefficient (Wildman–Crippen LogP) is 9.52. The van der Waals surface area contributed by atoms with E-state index in [9.17, 15) is 0 Å².